The van der Waals surface area contributed by atoms with Crippen molar-refractivity contribution in [3.63, 3.8) is 0 Å². The van der Waals surface area contributed by atoms with Crippen LogP contribution in [0, 0.1) is 6.92 Å². The Balaban J connectivity index is 1.77. The molecule has 7 rings (SSSR count). The maximum atomic E-state index is 2.36. The molecule has 1 heteroatoms. The van der Waals surface area contributed by atoms with E-state index in [2.05, 4.69) is 97.9 Å². The quantitative estimate of drug-likeness (QED) is 0.252. The largest absolute Gasteiger partial charge is 0.138 e. The van der Waals surface area contributed by atoms with Crippen molar-refractivity contribution in [2.75, 3.05) is 0 Å². The van der Waals surface area contributed by atoms with E-state index >= 15 is 0 Å². The van der Waals surface area contributed by atoms with Gasteiger partial charge in [-0.2, -0.15) is 0 Å². The normalized spacial score (nSPS) is 18.0. The fraction of sp³-hybridized carbons (Fsp3) is 0.0714. The van der Waals surface area contributed by atoms with E-state index in [-0.39, 0.29) is 5.41 Å². The molecule has 29 heavy (non-hydrogen) atoms. The SMILES string of the molecule is Cc1cccc2c1-c1ccccc1C21c2ccccc2-c2c1sc1ccccc21. The summed E-state index contributed by atoms with van der Waals surface area (Å²) in [6.07, 6.45) is 0. The van der Waals surface area contributed by atoms with Gasteiger partial charge in [-0.05, 0) is 51.9 Å². The smallest absolute Gasteiger partial charge is 0.0819 e. The van der Waals surface area contributed by atoms with E-state index < -0.39 is 0 Å². The van der Waals surface area contributed by atoms with Gasteiger partial charge >= 0.3 is 0 Å². The molecule has 0 amide bonds. The first kappa shape index (κ1) is 15.7. The third-order valence-corrected chi connectivity index (χ3v) is 8.10. The van der Waals surface area contributed by atoms with Gasteiger partial charge in [-0.15, -0.1) is 11.3 Å². The Morgan fingerprint density at radius 1 is 0.586 bits per heavy atom. The number of thiophene rings is 1. The monoisotopic (exact) mass is 386 g/mol. The van der Waals surface area contributed by atoms with Gasteiger partial charge in [0.15, 0.2) is 0 Å². The van der Waals surface area contributed by atoms with Crippen LogP contribution in [0.15, 0.2) is 91.0 Å². The van der Waals surface area contributed by atoms with Crippen LogP contribution >= 0.6 is 11.3 Å². The summed E-state index contributed by atoms with van der Waals surface area (Å²) < 4.78 is 1.38. The molecule has 4 aromatic carbocycles. The second-order valence-electron chi connectivity index (χ2n) is 8.14. The summed E-state index contributed by atoms with van der Waals surface area (Å²) in [7, 11) is 0. The highest BCUT2D eigenvalue weighted by molar-refractivity contribution is 7.20. The summed E-state index contributed by atoms with van der Waals surface area (Å²) in [5, 5.41) is 1.38. The molecule has 1 unspecified atom stereocenters. The highest BCUT2D eigenvalue weighted by atomic mass is 32.1. The minimum atomic E-state index is -0.201. The summed E-state index contributed by atoms with van der Waals surface area (Å²) in [6, 6.07) is 33.8. The number of aryl methyl sites for hydroxylation is 1. The molecule has 2 aliphatic carbocycles. The van der Waals surface area contributed by atoms with Crippen molar-refractivity contribution >= 4 is 21.4 Å². The standard InChI is InChI=1S/C28H18S/c1-17-9-8-15-23-25(17)18-10-2-5-13-21(18)28(23)22-14-6-3-11-19(22)26-20-12-4-7-16-24(20)29-27(26)28/h2-16H,1H3. The van der Waals surface area contributed by atoms with Crippen molar-refractivity contribution in [3.8, 4) is 22.3 Å². The summed E-state index contributed by atoms with van der Waals surface area (Å²) in [5.74, 6) is 0. The van der Waals surface area contributed by atoms with Crippen molar-refractivity contribution in [1.82, 2.24) is 0 Å². The molecule has 0 fully saturated rings. The van der Waals surface area contributed by atoms with Gasteiger partial charge in [-0.25, -0.2) is 0 Å². The first-order valence-electron chi connectivity index (χ1n) is 10.1. The van der Waals surface area contributed by atoms with Gasteiger partial charge in [0, 0.05) is 20.5 Å². The number of fused-ring (bicyclic) bond motifs is 12. The zero-order chi connectivity index (χ0) is 19.2. The Kier molecular flexibility index (Phi) is 2.85. The minimum absolute atomic E-state index is 0.201. The molecule has 0 bridgehead atoms. The Labute approximate surface area is 174 Å². The molecule has 136 valence electrons. The van der Waals surface area contributed by atoms with Gasteiger partial charge in [0.05, 0.1) is 5.41 Å². The molecule has 2 aliphatic rings. The highest BCUT2D eigenvalue weighted by Crippen LogP contribution is 2.66. The third kappa shape index (κ3) is 1.68. The van der Waals surface area contributed by atoms with Crippen molar-refractivity contribution in [3.05, 3.63) is 118 Å². The van der Waals surface area contributed by atoms with E-state index in [0.29, 0.717) is 0 Å². The Hall–Kier alpha value is -3.16. The van der Waals surface area contributed by atoms with Crippen LogP contribution in [0.5, 0.6) is 0 Å². The van der Waals surface area contributed by atoms with Gasteiger partial charge in [0.25, 0.3) is 0 Å². The zero-order valence-electron chi connectivity index (χ0n) is 16.1. The van der Waals surface area contributed by atoms with Gasteiger partial charge in [0.2, 0.25) is 0 Å². The van der Waals surface area contributed by atoms with Crippen LogP contribution in [0.25, 0.3) is 32.3 Å². The zero-order valence-corrected chi connectivity index (χ0v) is 16.9. The minimum Gasteiger partial charge on any atom is -0.138 e. The number of rotatable bonds is 0. The first-order valence-corrected chi connectivity index (χ1v) is 11.0. The summed E-state index contributed by atoms with van der Waals surface area (Å²) in [6.45, 7) is 2.25. The summed E-state index contributed by atoms with van der Waals surface area (Å²) >= 11 is 1.97. The molecule has 0 radical (unpaired) electrons. The maximum absolute atomic E-state index is 2.36. The third-order valence-electron chi connectivity index (χ3n) is 6.81. The second kappa shape index (κ2) is 5.25. The van der Waals surface area contributed by atoms with Crippen LogP contribution in [-0.4, -0.2) is 0 Å². The lowest BCUT2D eigenvalue weighted by Gasteiger charge is -2.29. The number of benzene rings is 4. The van der Waals surface area contributed by atoms with Crippen LogP contribution in [0.1, 0.15) is 27.1 Å². The van der Waals surface area contributed by atoms with Gasteiger partial charge in [-0.1, -0.05) is 84.9 Å². The van der Waals surface area contributed by atoms with Gasteiger partial charge in [0.1, 0.15) is 0 Å². The molecule has 0 saturated heterocycles. The van der Waals surface area contributed by atoms with E-state index in [9.17, 15) is 0 Å². The van der Waals surface area contributed by atoms with Crippen molar-refractivity contribution in [2.45, 2.75) is 12.3 Å². The van der Waals surface area contributed by atoms with E-state index in [1.807, 2.05) is 11.3 Å². The average molecular weight is 387 g/mol. The van der Waals surface area contributed by atoms with Crippen LogP contribution < -0.4 is 0 Å². The molecule has 1 atom stereocenters. The van der Waals surface area contributed by atoms with Crippen LogP contribution in [0.3, 0.4) is 0 Å². The fourth-order valence-electron chi connectivity index (χ4n) is 5.77. The second-order valence-corrected chi connectivity index (χ2v) is 9.19. The van der Waals surface area contributed by atoms with Crippen LogP contribution in [0.2, 0.25) is 0 Å². The van der Waals surface area contributed by atoms with Crippen LogP contribution in [0.4, 0.5) is 0 Å². The molecule has 0 aliphatic heterocycles. The predicted molar refractivity (Wildman–Crippen MR) is 123 cm³/mol. The average Bonchev–Trinajstić information content (AvgIpc) is 3.37. The molecule has 0 N–H and O–H groups in total. The van der Waals surface area contributed by atoms with Crippen LogP contribution in [-0.2, 0) is 5.41 Å². The van der Waals surface area contributed by atoms with E-state index in [1.54, 1.807) is 0 Å². The molecule has 5 aromatic rings. The summed E-state index contributed by atoms with van der Waals surface area (Å²) in [4.78, 5) is 1.48. The molecule has 1 spiro atoms. The van der Waals surface area contributed by atoms with Crippen molar-refractivity contribution in [1.29, 1.82) is 0 Å². The Morgan fingerprint density at radius 2 is 1.21 bits per heavy atom. The predicted octanol–water partition coefficient (Wildman–Crippen LogP) is 7.55. The highest BCUT2D eigenvalue weighted by Gasteiger charge is 2.53. The van der Waals surface area contributed by atoms with Gasteiger partial charge in [-0.3, -0.25) is 0 Å². The Bertz CT molecular complexity index is 1470. The van der Waals surface area contributed by atoms with Crippen molar-refractivity contribution < 1.29 is 0 Å². The molecular weight excluding hydrogens is 368 g/mol. The van der Waals surface area contributed by atoms with E-state index in [4.69, 9.17) is 0 Å². The lowest BCUT2D eigenvalue weighted by atomic mass is 9.74. The molecule has 0 saturated carbocycles. The number of hydrogen-bond acceptors (Lipinski definition) is 1. The summed E-state index contributed by atoms with van der Waals surface area (Å²) in [5.41, 5.74) is 11.1. The Morgan fingerprint density at radius 3 is 2.00 bits per heavy atom. The maximum Gasteiger partial charge on any atom is 0.0819 e. The molecule has 0 nitrogen and oxygen atoms in total. The topological polar surface area (TPSA) is 0 Å². The molecule has 1 heterocycles. The molecular formula is C28H18S. The first-order chi connectivity index (χ1) is 14.3. The molecule has 1 aromatic heterocycles. The lowest BCUT2D eigenvalue weighted by molar-refractivity contribution is 0.811. The lowest BCUT2D eigenvalue weighted by Crippen LogP contribution is -2.24. The van der Waals surface area contributed by atoms with E-state index in [0.717, 1.165) is 0 Å². The fourth-order valence-corrected chi connectivity index (χ4v) is 7.22. The van der Waals surface area contributed by atoms with E-state index in [1.165, 1.54) is 59.5 Å². The van der Waals surface area contributed by atoms with Gasteiger partial charge < -0.3 is 0 Å². The van der Waals surface area contributed by atoms with Crippen molar-refractivity contribution in [2.24, 2.45) is 0 Å². The number of hydrogen-bond donors (Lipinski definition) is 0.